The van der Waals surface area contributed by atoms with Crippen LogP contribution in [0.5, 0.6) is 17.2 Å². The molecule has 1 aromatic carbocycles. The van der Waals surface area contributed by atoms with E-state index in [9.17, 15) is 0 Å². The highest BCUT2D eigenvalue weighted by atomic mass is 32.2. The van der Waals surface area contributed by atoms with Crippen LogP contribution in [0.15, 0.2) is 12.1 Å². The Balaban J connectivity index is 3.12. The normalized spacial score (nSPS) is 11.6. The minimum absolute atomic E-state index is 0.339. The monoisotopic (exact) mass is 295 g/mol. The molecule has 1 aromatic rings. The molecule has 0 saturated heterocycles. The first-order valence-electron chi connectivity index (χ1n) is 6.53. The van der Waals surface area contributed by atoms with Gasteiger partial charge in [-0.1, -0.05) is 13.0 Å². The summed E-state index contributed by atoms with van der Waals surface area (Å²) >= 11 is 1.29. The van der Waals surface area contributed by atoms with Gasteiger partial charge in [-0.25, -0.2) is 0 Å². The zero-order chi connectivity index (χ0) is 15.0. The molecule has 0 amide bonds. The summed E-state index contributed by atoms with van der Waals surface area (Å²) in [6.07, 6.45) is 1.92. The number of nitriles is 1. The van der Waals surface area contributed by atoms with Crippen molar-refractivity contribution in [1.82, 2.24) is 0 Å². The average Bonchev–Trinajstić information content (AvgIpc) is 2.50. The third-order valence-electron chi connectivity index (χ3n) is 3.30. The van der Waals surface area contributed by atoms with Gasteiger partial charge >= 0.3 is 0 Å². The molecule has 0 aliphatic carbocycles. The molecule has 0 aliphatic heterocycles. The smallest absolute Gasteiger partial charge is 0.203 e. The van der Waals surface area contributed by atoms with Crippen LogP contribution in [0.4, 0.5) is 0 Å². The van der Waals surface area contributed by atoms with Crippen molar-refractivity contribution in [2.45, 2.75) is 25.7 Å². The van der Waals surface area contributed by atoms with Gasteiger partial charge in [0.05, 0.1) is 21.3 Å². The van der Waals surface area contributed by atoms with Crippen molar-refractivity contribution in [1.29, 1.82) is 5.26 Å². The Morgan fingerprint density at radius 1 is 1.15 bits per heavy atom. The van der Waals surface area contributed by atoms with Gasteiger partial charge in [-0.3, -0.25) is 0 Å². The van der Waals surface area contributed by atoms with Crippen LogP contribution in [0.2, 0.25) is 0 Å². The van der Waals surface area contributed by atoms with E-state index in [0.717, 1.165) is 29.9 Å². The molecule has 110 valence electrons. The molecule has 1 rings (SSSR count). The summed E-state index contributed by atoms with van der Waals surface area (Å²) in [5.41, 5.74) is 1.10. The maximum Gasteiger partial charge on any atom is 0.203 e. The minimum Gasteiger partial charge on any atom is -0.493 e. The molecule has 0 fully saturated rings. The van der Waals surface area contributed by atoms with Crippen LogP contribution >= 0.6 is 11.8 Å². The molecule has 20 heavy (non-hydrogen) atoms. The fraction of sp³-hybridized carbons (Fsp3) is 0.533. The predicted octanol–water partition coefficient (Wildman–Crippen LogP) is 3.81. The van der Waals surface area contributed by atoms with Crippen molar-refractivity contribution >= 4 is 11.8 Å². The standard InChI is InChI=1S/C15H21NO3S/c1-5-11(8-9-20-10-16)12-6-7-13(17-2)15(19-4)14(12)18-3/h6-7,11H,5,8-9H2,1-4H3. The van der Waals surface area contributed by atoms with E-state index in [4.69, 9.17) is 19.5 Å². The molecule has 0 aromatic heterocycles. The predicted molar refractivity (Wildman–Crippen MR) is 81.8 cm³/mol. The number of rotatable bonds is 8. The molecule has 1 atom stereocenters. The summed E-state index contributed by atoms with van der Waals surface area (Å²) in [4.78, 5) is 0. The first-order valence-corrected chi connectivity index (χ1v) is 7.51. The van der Waals surface area contributed by atoms with Gasteiger partial charge in [-0.05, 0) is 36.6 Å². The van der Waals surface area contributed by atoms with Gasteiger partial charge in [0.1, 0.15) is 5.40 Å². The summed E-state index contributed by atoms with van der Waals surface area (Å²) in [5.74, 6) is 3.16. The van der Waals surface area contributed by atoms with Gasteiger partial charge in [0.2, 0.25) is 5.75 Å². The fourth-order valence-corrected chi connectivity index (χ4v) is 2.77. The molecular formula is C15H21NO3S. The lowest BCUT2D eigenvalue weighted by Gasteiger charge is -2.21. The maximum atomic E-state index is 8.63. The number of thioether (sulfide) groups is 1. The Labute approximate surface area is 125 Å². The molecular weight excluding hydrogens is 274 g/mol. The summed E-state index contributed by atoms with van der Waals surface area (Å²) in [5, 5.41) is 10.7. The summed E-state index contributed by atoms with van der Waals surface area (Å²) in [6.45, 7) is 2.14. The van der Waals surface area contributed by atoms with Crippen molar-refractivity contribution < 1.29 is 14.2 Å². The van der Waals surface area contributed by atoms with Crippen LogP contribution in [-0.4, -0.2) is 27.1 Å². The van der Waals surface area contributed by atoms with Gasteiger partial charge in [0.25, 0.3) is 0 Å². The summed E-state index contributed by atoms with van der Waals surface area (Å²) < 4.78 is 16.2. The number of benzene rings is 1. The largest absolute Gasteiger partial charge is 0.493 e. The topological polar surface area (TPSA) is 51.5 Å². The molecule has 0 spiro atoms. The third kappa shape index (κ3) is 3.73. The second-order valence-corrected chi connectivity index (χ2v) is 5.14. The van der Waals surface area contributed by atoms with Crippen molar-refractivity contribution in [3.05, 3.63) is 17.7 Å². The molecule has 0 aliphatic rings. The number of nitrogens with zero attached hydrogens (tertiary/aromatic N) is 1. The SMILES string of the molecule is CCC(CCSC#N)c1ccc(OC)c(OC)c1OC. The Morgan fingerprint density at radius 2 is 1.85 bits per heavy atom. The molecule has 1 unspecified atom stereocenters. The molecule has 0 heterocycles. The highest BCUT2D eigenvalue weighted by Gasteiger charge is 2.21. The van der Waals surface area contributed by atoms with E-state index in [2.05, 4.69) is 12.3 Å². The zero-order valence-electron chi connectivity index (χ0n) is 12.4. The quantitative estimate of drug-likeness (QED) is 0.539. The molecule has 0 saturated carbocycles. The van der Waals surface area contributed by atoms with Gasteiger partial charge in [-0.2, -0.15) is 5.26 Å². The number of thiocyanates is 1. The lowest BCUT2D eigenvalue weighted by molar-refractivity contribution is 0.320. The number of hydrogen-bond donors (Lipinski definition) is 0. The molecule has 0 bridgehead atoms. The van der Waals surface area contributed by atoms with E-state index in [0.29, 0.717) is 17.4 Å². The third-order valence-corrected chi connectivity index (χ3v) is 3.87. The van der Waals surface area contributed by atoms with E-state index < -0.39 is 0 Å². The number of ether oxygens (including phenoxy) is 3. The van der Waals surface area contributed by atoms with Gasteiger partial charge in [-0.15, -0.1) is 0 Å². The van der Waals surface area contributed by atoms with Crippen LogP contribution in [-0.2, 0) is 0 Å². The van der Waals surface area contributed by atoms with Crippen LogP contribution in [0.1, 0.15) is 31.2 Å². The minimum atomic E-state index is 0.339. The van der Waals surface area contributed by atoms with Crippen molar-refractivity contribution in [2.24, 2.45) is 0 Å². The lowest BCUT2D eigenvalue weighted by Crippen LogP contribution is -2.04. The maximum absolute atomic E-state index is 8.63. The highest BCUT2D eigenvalue weighted by Crippen LogP contribution is 2.44. The van der Waals surface area contributed by atoms with E-state index in [1.54, 1.807) is 21.3 Å². The second-order valence-electron chi connectivity index (χ2n) is 4.26. The van der Waals surface area contributed by atoms with Gasteiger partial charge in [0, 0.05) is 11.3 Å². The lowest BCUT2D eigenvalue weighted by atomic mass is 9.92. The zero-order valence-corrected chi connectivity index (χ0v) is 13.3. The molecule has 0 radical (unpaired) electrons. The Hall–Kier alpha value is -1.54. The van der Waals surface area contributed by atoms with E-state index in [1.165, 1.54) is 11.8 Å². The van der Waals surface area contributed by atoms with Gasteiger partial charge < -0.3 is 14.2 Å². The Morgan fingerprint density at radius 3 is 2.35 bits per heavy atom. The molecule has 5 heteroatoms. The van der Waals surface area contributed by atoms with Crippen LogP contribution < -0.4 is 14.2 Å². The first kappa shape index (κ1) is 16.5. The highest BCUT2D eigenvalue weighted by molar-refractivity contribution is 8.03. The summed E-state index contributed by atoms with van der Waals surface area (Å²) in [6, 6.07) is 3.92. The van der Waals surface area contributed by atoms with Crippen LogP contribution in [0.3, 0.4) is 0 Å². The molecule has 0 N–H and O–H groups in total. The van der Waals surface area contributed by atoms with Gasteiger partial charge in [0.15, 0.2) is 11.5 Å². The van der Waals surface area contributed by atoms with E-state index >= 15 is 0 Å². The Bertz CT molecular complexity index is 471. The first-order chi connectivity index (χ1) is 9.73. The van der Waals surface area contributed by atoms with Crippen LogP contribution in [0.25, 0.3) is 0 Å². The molecule has 4 nitrogen and oxygen atoms in total. The van der Waals surface area contributed by atoms with E-state index in [1.807, 2.05) is 12.1 Å². The Kier molecular flexibility index (Phi) is 7.10. The number of hydrogen-bond acceptors (Lipinski definition) is 5. The fourth-order valence-electron chi connectivity index (χ4n) is 2.27. The number of methoxy groups -OCH3 is 3. The summed E-state index contributed by atoms with van der Waals surface area (Å²) in [7, 11) is 4.85. The van der Waals surface area contributed by atoms with Crippen molar-refractivity contribution in [3.8, 4) is 22.6 Å². The van der Waals surface area contributed by atoms with E-state index in [-0.39, 0.29) is 0 Å². The second kappa shape index (κ2) is 8.60. The van der Waals surface area contributed by atoms with Crippen molar-refractivity contribution in [3.63, 3.8) is 0 Å². The van der Waals surface area contributed by atoms with Crippen LogP contribution in [0, 0.1) is 10.7 Å². The average molecular weight is 295 g/mol. The van der Waals surface area contributed by atoms with Crippen molar-refractivity contribution in [2.75, 3.05) is 27.1 Å².